The topological polar surface area (TPSA) is 23.5 Å². The Morgan fingerprint density at radius 2 is 2.00 bits per heavy atom. The van der Waals surface area contributed by atoms with Gasteiger partial charge in [-0.3, -0.25) is 4.90 Å². The van der Waals surface area contributed by atoms with Gasteiger partial charge in [-0.2, -0.15) is 0 Å². The second-order valence-corrected chi connectivity index (χ2v) is 6.09. The van der Waals surface area contributed by atoms with E-state index >= 15 is 0 Å². The van der Waals surface area contributed by atoms with Gasteiger partial charge in [0.15, 0.2) is 0 Å². The Labute approximate surface area is 110 Å². The molecule has 1 N–H and O–H groups in total. The lowest BCUT2D eigenvalue weighted by molar-refractivity contribution is 0.0138. The molecule has 1 aromatic carbocycles. The van der Waals surface area contributed by atoms with E-state index in [1.54, 1.807) is 0 Å². The molecule has 2 fully saturated rings. The first-order chi connectivity index (χ1) is 8.60. The zero-order valence-corrected chi connectivity index (χ0v) is 11.4. The molecule has 2 heteroatoms. The minimum atomic E-state index is -0.493. The van der Waals surface area contributed by atoms with Crippen LogP contribution < -0.4 is 0 Å². The van der Waals surface area contributed by atoms with E-state index < -0.39 is 5.60 Å². The number of nitrogens with zero attached hydrogens (tertiary/aromatic N) is 1. The van der Waals surface area contributed by atoms with Crippen molar-refractivity contribution in [3.63, 3.8) is 0 Å². The van der Waals surface area contributed by atoms with Crippen LogP contribution in [0.1, 0.15) is 36.0 Å². The summed E-state index contributed by atoms with van der Waals surface area (Å²) in [6, 6.07) is 6.82. The highest BCUT2D eigenvalue weighted by atomic mass is 16.3. The number of aliphatic hydroxyl groups is 1. The van der Waals surface area contributed by atoms with E-state index in [0.717, 1.165) is 19.4 Å². The van der Waals surface area contributed by atoms with Gasteiger partial charge >= 0.3 is 0 Å². The Bertz CT molecular complexity index is 436. The summed E-state index contributed by atoms with van der Waals surface area (Å²) < 4.78 is 0. The first-order valence-electron chi connectivity index (χ1n) is 7.12. The molecule has 98 valence electrons. The second kappa shape index (κ2) is 4.36. The molecule has 3 rings (SSSR count). The van der Waals surface area contributed by atoms with Gasteiger partial charge in [0.05, 0.1) is 5.60 Å². The van der Waals surface area contributed by atoms with E-state index in [9.17, 15) is 5.11 Å². The Hall–Kier alpha value is -0.860. The number of benzene rings is 1. The lowest BCUT2D eigenvalue weighted by Crippen LogP contribution is -2.43. The van der Waals surface area contributed by atoms with Gasteiger partial charge in [-0.05, 0) is 56.3 Å². The van der Waals surface area contributed by atoms with E-state index in [1.807, 2.05) is 0 Å². The molecule has 0 amide bonds. The average molecular weight is 245 g/mol. The number of hydrogen-bond acceptors (Lipinski definition) is 2. The first kappa shape index (κ1) is 12.2. The maximum Gasteiger partial charge on any atom is 0.0854 e. The van der Waals surface area contributed by atoms with Gasteiger partial charge in [0.1, 0.15) is 0 Å². The summed E-state index contributed by atoms with van der Waals surface area (Å²) in [4.78, 5) is 2.48. The van der Waals surface area contributed by atoms with Crippen molar-refractivity contribution in [1.82, 2.24) is 4.90 Å². The lowest BCUT2D eigenvalue weighted by Gasteiger charge is -2.31. The smallest absolute Gasteiger partial charge is 0.0854 e. The Kier molecular flexibility index (Phi) is 2.95. The Morgan fingerprint density at radius 3 is 2.72 bits per heavy atom. The Morgan fingerprint density at radius 1 is 1.28 bits per heavy atom. The molecule has 2 aliphatic rings. The van der Waals surface area contributed by atoms with Crippen LogP contribution in [0.2, 0.25) is 0 Å². The van der Waals surface area contributed by atoms with Gasteiger partial charge in [0.25, 0.3) is 0 Å². The average Bonchev–Trinajstić information content (AvgIpc) is 2.90. The molecule has 2 nitrogen and oxygen atoms in total. The number of rotatable bonds is 2. The van der Waals surface area contributed by atoms with Crippen molar-refractivity contribution in [2.45, 2.75) is 51.2 Å². The third-order valence-corrected chi connectivity index (χ3v) is 4.94. The zero-order valence-electron chi connectivity index (χ0n) is 11.4. The summed E-state index contributed by atoms with van der Waals surface area (Å²) >= 11 is 0. The third-order valence-electron chi connectivity index (χ3n) is 4.94. The molecule has 18 heavy (non-hydrogen) atoms. The fourth-order valence-electron chi connectivity index (χ4n) is 3.85. The summed E-state index contributed by atoms with van der Waals surface area (Å²) in [6.07, 6.45) is 4.18. The normalized spacial score (nSPS) is 31.8. The van der Waals surface area contributed by atoms with E-state index in [0.29, 0.717) is 6.04 Å². The summed E-state index contributed by atoms with van der Waals surface area (Å²) in [5.41, 5.74) is 3.50. The highest BCUT2D eigenvalue weighted by molar-refractivity contribution is 5.35. The van der Waals surface area contributed by atoms with Crippen LogP contribution in [-0.4, -0.2) is 34.7 Å². The molecule has 2 aliphatic heterocycles. The molecule has 2 heterocycles. The molecule has 0 radical (unpaired) electrons. The molecule has 0 saturated carbocycles. The second-order valence-electron chi connectivity index (χ2n) is 6.09. The highest BCUT2D eigenvalue weighted by Crippen LogP contribution is 2.38. The third kappa shape index (κ3) is 1.88. The summed E-state index contributed by atoms with van der Waals surface area (Å²) in [6.45, 7) is 6.58. The number of aryl methyl sites for hydroxylation is 2. The van der Waals surface area contributed by atoms with Gasteiger partial charge in [0.2, 0.25) is 0 Å². The maximum absolute atomic E-state index is 11.0. The van der Waals surface area contributed by atoms with E-state index in [1.165, 1.54) is 36.1 Å². The minimum absolute atomic E-state index is 0.400. The fraction of sp³-hybridized carbons (Fsp3) is 0.625. The fourth-order valence-corrected chi connectivity index (χ4v) is 3.85. The van der Waals surface area contributed by atoms with Crippen LogP contribution in [0.25, 0.3) is 0 Å². The molecule has 2 saturated heterocycles. The van der Waals surface area contributed by atoms with Crippen molar-refractivity contribution < 1.29 is 5.11 Å². The van der Waals surface area contributed by atoms with Crippen LogP contribution in [0.15, 0.2) is 18.2 Å². The summed E-state index contributed by atoms with van der Waals surface area (Å²) in [5, 5.41) is 11.0. The molecule has 2 atom stereocenters. The van der Waals surface area contributed by atoms with Crippen LogP contribution >= 0.6 is 0 Å². The van der Waals surface area contributed by atoms with Crippen molar-refractivity contribution >= 4 is 0 Å². The van der Waals surface area contributed by atoms with Crippen molar-refractivity contribution in [3.05, 3.63) is 34.9 Å². The van der Waals surface area contributed by atoms with Crippen LogP contribution in [0, 0.1) is 13.8 Å². The van der Waals surface area contributed by atoms with Gasteiger partial charge < -0.3 is 5.11 Å². The molecule has 0 bridgehead atoms. The molecular formula is C16H23NO. The monoisotopic (exact) mass is 245 g/mol. The van der Waals surface area contributed by atoms with Crippen molar-refractivity contribution in [2.75, 3.05) is 13.1 Å². The quantitative estimate of drug-likeness (QED) is 0.865. The van der Waals surface area contributed by atoms with Crippen molar-refractivity contribution in [2.24, 2.45) is 0 Å². The summed E-state index contributed by atoms with van der Waals surface area (Å²) in [7, 11) is 0. The maximum atomic E-state index is 11.0. The van der Waals surface area contributed by atoms with E-state index in [4.69, 9.17) is 0 Å². The number of fused-ring (bicyclic) bond motifs is 1. The Balaban J connectivity index is 1.88. The number of hydrogen-bond donors (Lipinski definition) is 1. The minimum Gasteiger partial charge on any atom is -0.388 e. The van der Waals surface area contributed by atoms with Crippen LogP contribution in [0.5, 0.6) is 0 Å². The lowest BCUT2D eigenvalue weighted by atomic mass is 9.83. The SMILES string of the molecule is Cc1cccc(C)c1CC1(O)CCN2CCCC21. The summed E-state index contributed by atoms with van der Waals surface area (Å²) in [5.74, 6) is 0. The van der Waals surface area contributed by atoms with E-state index in [2.05, 4.69) is 36.9 Å². The predicted molar refractivity (Wildman–Crippen MR) is 73.8 cm³/mol. The first-order valence-corrected chi connectivity index (χ1v) is 7.12. The largest absolute Gasteiger partial charge is 0.388 e. The van der Waals surface area contributed by atoms with Crippen LogP contribution in [-0.2, 0) is 6.42 Å². The standard InChI is InChI=1S/C16H23NO/c1-12-5-3-6-13(2)14(12)11-16(18)8-10-17-9-4-7-15(16)17/h3,5-6,15,18H,4,7-11H2,1-2H3. The molecular weight excluding hydrogens is 222 g/mol. The molecule has 0 aromatic heterocycles. The highest BCUT2D eigenvalue weighted by Gasteiger charge is 2.47. The van der Waals surface area contributed by atoms with Gasteiger partial charge in [0, 0.05) is 19.0 Å². The van der Waals surface area contributed by atoms with Gasteiger partial charge in [-0.15, -0.1) is 0 Å². The molecule has 2 unspecified atom stereocenters. The molecule has 1 aromatic rings. The van der Waals surface area contributed by atoms with Crippen molar-refractivity contribution in [1.29, 1.82) is 0 Å². The predicted octanol–water partition coefficient (Wildman–Crippen LogP) is 2.45. The van der Waals surface area contributed by atoms with Crippen LogP contribution in [0.3, 0.4) is 0 Å². The van der Waals surface area contributed by atoms with Crippen LogP contribution in [0.4, 0.5) is 0 Å². The molecule has 0 spiro atoms. The van der Waals surface area contributed by atoms with Crippen molar-refractivity contribution in [3.8, 4) is 0 Å². The van der Waals surface area contributed by atoms with Gasteiger partial charge in [-0.1, -0.05) is 18.2 Å². The zero-order chi connectivity index (χ0) is 12.8. The molecule has 0 aliphatic carbocycles. The van der Waals surface area contributed by atoms with Gasteiger partial charge in [-0.25, -0.2) is 0 Å². The van der Waals surface area contributed by atoms with E-state index in [-0.39, 0.29) is 0 Å².